The molecule has 0 bridgehead atoms. The number of carbonyl (C=O) groups excluding carboxylic acids is 1. The maximum absolute atomic E-state index is 12.7. The van der Waals surface area contributed by atoms with Crippen LogP contribution in [-0.4, -0.2) is 35.6 Å². The normalized spacial score (nSPS) is 18.4. The number of amides is 1. The molecule has 0 saturated carbocycles. The van der Waals surface area contributed by atoms with Crippen LogP contribution in [0.2, 0.25) is 0 Å². The number of halogens is 4. The maximum atomic E-state index is 12.7. The van der Waals surface area contributed by atoms with Gasteiger partial charge in [0, 0.05) is 36.8 Å². The van der Waals surface area contributed by atoms with Crippen molar-refractivity contribution in [3.63, 3.8) is 0 Å². The summed E-state index contributed by atoms with van der Waals surface area (Å²) >= 11 is 3.36. The molecule has 164 valence electrons. The molecule has 1 spiro atoms. The molecular weight excluding hydrogens is 479 g/mol. The topological polar surface area (TPSA) is 63.2 Å². The lowest BCUT2D eigenvalue weighted by molar-refractivity contribution is -0.154. The Morgan fingerprint density at radius 3 is 2.45 bits per heavy atom. The van der Waals surface area contributed by atoms with E-state index in [1.54, 1.807) is 17.2 Å². The number of hydrogen-bond donors (Lipinski definition) is 1. The van der Waals surface area contributed by atoms with Gasteiger partial charge >= 0.3 is 12.3 Å². The van der Waals surface area contributed by atoms with E-state index in [1.807, 2.05) is 12.1 Å². The number of alkyl halides is 3. The number of benzene rings is 2. The molecule has 0 unspecified atom stereocenters. The van der Waals surface area contributed by atoms with E-state index in [4.69, 9.17) is 9.68 Å². The number of nitrogens with zero attached hydrogens (tertiary/aromatic N) is 2. The van der Waals surface area contributed by atoms with Gasteiger partial charge < -0.3 is 9.68 Å². The molecule has 0 radical (unpaired) electrons. The molecule has 0 atom stereocenters. The highest BCUT2D eigenvalue weighted by Gasteiger charge is 2.43. The van der Waals surface area contributed by atoms with Crippen LogP contribution in [0.15, 0.2) is 58.2 Å². The third-order valence-corrected chi connectivity index (χ3v) is 6.03. The third-order valence-electron chi connectivity index (χ3n) is 5.34. The SMILES string of the molecule is O=C(Nc1ccccc1Br)ON1CCC2(CC1)CC(c1ccc(C(F)(F)F)cc1)=NO2. The fraction of sp³-hybridized carbons (Fsp3) is 0.333. The van der Waals surface area contributed by atoms with Gasteiger partial charge in [0.1, 0.15) is 5.60 Å². The summed E-state index contributed by atoms with van der Waals surface area (Å²) in [4.78, 5) is 23.2. The Morgan fingerprint density at radius 1 is 1.13 bits per heavy atom. The Hall–Kier alpha value is -2.59. The zero-order valence-electron chi connectivity index (χ0n) is 16.3. The predicted molar refractivity (Wildman–Crippen MR) is 111 cm³/mol. The second-order valence-corrected chi connectivity index (χ2v) is 8.33. The fourth-order valence-corrected chi connectivity index (χ4v) is 3.98. The van der Waals surface area contributed by atoms with Crippen LogP contribution < -0.4 is 5.32 Å². The van der Waals surface area contributed by atoms with Crippen LogP contribution in [0.4, 0.5) is 23.7 Å². The average Bonchev–Trinajstić information content (AvgIpc) is 3.15. The monoisotopic (exact) mass is 497 g/mol. The van der Waals surface area contributed by atoms with Gasteiger partial charge in [-0.2, -0.15) is 13.2 Å². The van der Waals surface area contributed by atoms with Gasteiger partial charge in [-0.25, -0.2) is 4.79 Å². The van der Waals surface area contributed by atoms with E-state index in [0.29, 0.717) is 49.3 Å². The summed E-state index contributed by atoms with van der Waals surface area (Å²) in [5.74, 6) is 0. The van der Waals surface area contributed by atoms with Crippen molar-refractivity contribution < 1.29 is 27.6 Å². The molecule has 2 aliphatic rings. The van der Waals surface area contributed by atoms with E-state index in [0.717, 1.165) is 16.6 Å². The van der Waals surface area contributed by atoms with Crippen molar-refractivity contribution in [2.45, 2.75) is 31.0 Å². The Balaban J connectivity index is 1.29. The number of anilines is 1. The quantitative estimate of drug-likeness (QED) is 0.600. The Kier molecular flexibility index (Phi) is 5.94. The summed E-state index contributed by atoms with van der Waals surface area (Å²) in [5.41, 5.74) is 0.606. The van der Waals surface area contributed by atoms with Gasteiger partial charge in [0.2, 0.25) is 0 Å². The van der Waals surface area contributed by atoms with Crippen molar-refractivity contribution in [3.8, 4) is 0 Å². The van der Waals surface area contributed by atoms with E-state index in [2.05, 4.69) is 26.4 Å². The van der Waals surface area contributed by atoms with Gasteiger partial charge in [0.15, 0.2) is 0 Å². The van der Waals surface area contributed by atoms with Gasteiger partial charge in [-0.1, -0.05) is 29.4 Å². The standard InChI is InChI=1S/C21H19BrF3N3O3/c22-16-3-1-2-4-17(16)26-19(29)30-28-11-9-20(10-12-28)13-18(27-31-20)14-5-7-15(8-6-14)21(23,24)25/h1-8H,9-13H2,(H,26,29). The highest BCUT2D eigenvalue weighted by Crippen LogP contribution is 2.37. The van der Waals surface area contributed by atoms with Crippen LogP contribution in [0.3, 0.4) is 0 Å². The zero-order valence-corrected chi connectivity index (χ0v) is 17.9. The molecular formula is C21H19BrF3N3O3. The fourth-order valence-electron chi connectivity index (χ4n) is 3.59. The number of para-hydroxylation sites is 1. The molecule has 1 N–H and O–H groups in total. The molecule has 0 aromatic heterocycles. The molecule has 1 amide bonds. The van der Waals surface area contributed by atoms with Crippen LogP contribution in [-0.2, 0) is 15.9 Å². The van der Waals surface area contributed by atoms with E-state index in [9.17, 15) is 18.0 Å². The van der Waals surface area contributed by atoms with Crippen LogP contribution >= 0.6 is 15.9 Å². The lowest BCUT2D eigenvalue weighted by Gasteiger charge is -2.35. The van der Waals surface area contributed by atoms with E-state index in [-0.39, 0.29) is 0 Å². The number of hydroxylamine groups is 2. The summed E-state index contributed by atoms with van der Waals surface area (Å²) < 4.78 is 39.0. The highest BCUT2D eigenvalue weighted by atomic mass is 79.9. The number of oxime groups is 1. The zero-order chi connectivity index (χ0) is 22.1. The summed E-state index contributed by atoms with van der Waals surface area (Å²) in [6, 6.07) is 12.1. The summed E-state index contributed by atoms with van der Waals surface area (Å²) in [6.07, 6.45) is -3.32. The second-order valence-electron chi connectivity index (χ2n) is 7.48. The largest absolute Gasteiger partial charge is 0.430 e. The molecule has 1 fully saturated rings. The Labute approximate surface area is 185 Å². The van der Waals surface area contributed by atoms with Crippen LogP contribution in [0.1, 0.15) is 30.4 Å². The Bertz CT molecular complexity index is 987. The van der Waals surface area contributed by atoms with Crippen molar-refractivity contribution in [1.29, 1.82) is 0 Å². The first-order valence-electron chi connectivity index (χ1n) is 9.65. The van der Waals surface area contributed by atoms with Crippen molar-refractivity contribution in [3.05, 3.63) is 64.1 Å². The third kappa shape index (κ3) is 5.01. The molecule has 10 heteroatoms. The molecule has 1 saturated heterocycles. The lowest BCUT2D eigenvalue weighted by atomic mass is 9.86. The summed E-state index contributed by atoms with van der Waals surface area (Å²) in [7, 11) is 0. The first kappa shape index (κ1) is 21.6. The van der Waals surface area contributed by atoms with Crippen LogP contribution in [0.25, 0.3) is 0 Å². The van der Waals surface area contributed by atoms with Gasteiger partial charge in [0.25, 0.3) is 0 Å². The minimum Gasteiger partial charge on any atom is -0.388 e. The average molecular weight is 498 g/mol. The van der Waals surface area contributed by atoms with Gasteiger partial charge in [0.05, 0.1) is 17.0 Å². The lowest BCUT2D eigenvalue weighted by Crippen LogP contribution is -2.45. The Morgan fingerprint density at radius 2 is 1.81 bits per heavy atom. The number of carbonyl (C=O) groups is 1. The van der Waals surface area contributed by atoms with Crippen molar-refractivity contribution >= 4 is 33.4 Å². The maximum Gasteiger partial charge on any atom is 0.430 e. The second kappa shape index (κ2) is 8.51. The number of hydrogen-bond acceptors (Lipinski definition) is 5. The van der Waals surface area contributed by atoms with E-state index >= 15 is 0 Å². The van der Waals surface area contributed by atoms with Crippen LogP contribution in [0.5, 0.6) is 0 Å². The van der Waals surface area contributed by atoms with Crippen molar-refractivity contribution in [1.82, 2.24) is 5.06 Å². The minimum absolute atomic E-state index is 0.458. The number of piperidine rings is 1. The molecule has 2 aliphatic heterocycles. The molecule has 31 heavy (non-hydrogen) atoms. The molecule has 2 aromatic carbocycles. The predicted octanol–water partition coefficient (Wildman–Crippen LogP) is 5.59. The minimum atomic E-state index is -4.37. The van der Waals surface area contributed by atoms with Crippen molar-refractivity contribution in [2.75, 3.05) is 18.4 Å². The van der Waals surface area contributed by atoms with Gasteiger partial charge in [-0.15, -0.1) is 5.06 Å². The molecule has 6 nitrogen and oxygen atoms in total. The summed E-state index contributed by atoms with van der Waals surface area (Å²) in [5, 5.41) is 8.36. The first-order chi connectivity index (χ1) is 14.7. The number of rotatable bonds is 3. The number of nitrogens with one attached hydrogen (secondary N) is 1. The van der Waals surface area contributed by atoms with Crippen molar-refractivity contribution in [2.24, 2.45) is 5.16 Å². The summed E-state index contributed by atoms with van der Waals surface area (Å²) in [6.45, 7) is 0.915. The van der Waals surface area contributed by atoms with Gasteiger partial charge in [-0.05, 0) is 45.8 Å². The first-order valence-corrected chi connectivity index (χ1v) is 10.4. The molecule has 4 rings (SSSR count). The van der Waals surface area contributed by atoms with Crippen LogP contribution in [0, 0.1) is 0 Å². The van der Waals surface area contributed by atoms with Gasteiger partial charge in [-0.3, -0.25) is 5.32 Å². The molecule has 2 heterocycles. The van der Waals surface area contributed by atoms with E-state index in [1.165, 1.54) is 12.1 Å². The van der Waals surface area contributed by atoms with E-state index < -0.39 is 23.4 Å². The molecule has 0 aliphatic carbocycles. The molecule has 2 aromatic rings. The smallest absolute Gasteiger partial charge is 0.388 e. The highest BCUT2D eigenvalue weighted by molar-refractivity contribution is 9.10.